The van der Waals surface area contributed by atoms with Crippen molar-refractivity contribution in [2.45, 2.75) is 32.0 Å². The van der Waals surface area contributed by atoms with Crippen molar-refractivity contribution < 1.29 is 13.2 Å². The molecule has 11 heteroatoms. The van der Waals surface area contributed by atoms with Gasteiger partial charge in [0.25, 0.3) is 0 Å². The number of piperidine rings is 1. The van der Waals surface area contributed by atoms with Gasteiger partial charge in [0, 0.05) is 31.7 Å². The minimum atomic E-state index is -0.506. The number of aromatic nitrogens is 3. The Balaban J connectivity index is 0.00000289. The second-order valence-electron chi connectivity index (χ2n) is 7.43. The number of H-pyrrole nitrogens is 1. The van der Waals surface area contributed by atoms with Crippen molar-refractivity contribution in [3.63, 3.8) is 0 Å². The molecule has 1 atom stereocenters. The van der Waals surface area contributed by atoms with E-state index in [1.165, 1.54) is 18.2 Å². The van der Waals surface area contributed by atoms with Crippen LogP contribution in [0.3, 0.4) is 0 Å². The van der Waals surface area contributed by atoms with E-state index >= 15 is 0 Å². The highest BCUT2D eigenvalue weighted by molar-refractivity contribution is 14.0. The van der Waals surface area contributed by atoms with Gasteiger partial charge in [-0.1, -0.05) is 6.07 Å². The molecule has 1 aliphatic rings. The quantitative estimate of drug-likeness (QED) is 0.245. The summed E-state index contributed by atoms with van der Waals surface area (Å²) in [4.78, 5) is 10.7. The SMILES string of the molecule is CN=C(NCc1nc(-c2ccco2)n[nH]1)NC1CCCN(Cc2c(F)cccc2F)C1.I. The van der Waals surface area contributed by atoms with Crippen LogP contribution < -0.4 is 10.6 Å². The second kappa shape index (κ2) is 11.4. The normalized spacial score (nSPS) is 17.1. The maximum Gasteiger partial charge on any atom is 0.216 e. The van der Waals surface area contributed by atoms with Gasteiger partial charge >= 0.3 is 0 Å². The summed E-state index contributed by atoms with van der Waals surface area (Å²) in [5, 5.41) is 13.6. The largest absolute Gasteiger partial charge is 0.461 e. The molecule has 2 aromatic heterocycles. The Morgan fingerprint density at radius 2 is 2.09 bits per heavy atom. The van der Waals surface area contributed by atoms with Gasteiger partial charge in [-0.2, -0.15) is 0 Å². The van der Waals surface area contributed by atoms with Crippen LogP contribution >= 0.6 is 24.0 Å². The first kappa shape index (κ1) is 24.1. The maximum atomic E-state index is 14.0. The summed E-state index contributed by atoms with van der Waals surface area (Å²) >= 11 is 0. The van der Waals surface area contributed by atoms with E-state index in [9.17, 15) is 8.78 Å². The third-order valence-corrected chi connectivity index (χ3v) is 5.21. The molecule has 172 valence electrons. The first-order chi connectivity index (χ1) is 15.1. The van der Waals surface area contributed by atoms with Crippen molar-refractivity contribution in [2.75, 3.05) is 20.1 Å². The number of benzene rings is 1. The van der Waals surface area contributed by atoms with Crippen molar-refractivity contribution in [2.24, 2.45) is 4.99 Å². The van der Waals surface area contributed by atoms with Crippen LogP contribution in [0, 0.1) is 11.6 Å². The Hall–Kier alpha value is -2.54. The van der Waals surface area contributed by atoms with E-state index in [-0.39, 0.29) is 42.1 Å². The first-order valence-corrected chi connectivity index (χ1v) is 10.2. The Kier molecular flexibility index (Phi) is 8.56. The molecular formula is C21H26F2IN7O. The molecule has 0 spiro atoms. The topological polar surface area (TPSA) is 94.4 Å². The number of guanidine groups is 1. The summed E-state index contributed by atoms with van der Waals surface area (Å²) in [5.41, 5.74) is 0.114. The van der Waals surface area contributed by atoms with Crippen molar-refractivity contribution in [3.05, 3.63) is 59.6 Å². The Morgan fingerprint density at radius 3 is 2.81 bits per heavy atom. The molecular weight excluding hydrogens is 531 g/mol. The summed E-state index contributed by atoms with van der Waals surface area (Å²) in [6, 6.07) is 7.67. The van der Waals surface area contributed by atoms with E-state index in [0.29, 0.717) is 36.5 Å². The van der Waals surface area contributed by atoms with Gasteiger partial charge in [0.2, 0.25) is 5.82 Å². The second-order valence-corrected chi connectivity index (χ2v) is 7.43. The Bertz CT molecular complexity index is 1000. The standard InChI is InChI=1S/C21H25F2N7O.HI/c1-24-21(25-11-19-27-20(29-28-19)18-8-4-10-31-18)26-14-5-3-9-30(12-14)13-15-16(22)6-2-7-17(15)23;/h2,4,6-8,10,14H,3,5,9,11-13H2,1H3,(H2,24,25,26)(H,27,28,29);1H. The van der Waals surface area contributed by atoms with Gasteiger partial charge in [0.15, 0.2) is 11.7 Å². The third-order valence-electron chi connectivity index (χ3n) is 5.21. The number of likely N-dealkylation sites (tertiary alicyclic amines) is 1. The fourth-order valence-electron chi connectivity index (χ4n) is 3.67. The van der Waals surface area contributed by atoms with E-state index < -0.39 is 11.6 Å². The number of nitrogens with one attached hydrogen (secondary N) is 3. The minimum absolute atomic E-state index is 0. The van der Waals surface area contributed by atoms with Crippen LogP contribution in [0.15, 0.2) is 46.0 Å². The van der Waals surface area contributed by atoms with Gasteiger partial charge in [0.05, 0.1) is 12.8 Å². The van der Waals surface area contributed by atoms with E-state index in [1.54, 1.807) is 25.4 Å². The van der Waals surface area contributed by atoms with Crippen LogP contribution in [0.4, 0.5) is 8.78 Å². The molecule has 3 aromatic rings. The fourth-order valence-corrected chi connectivity index (χ4v) is 3.67. The van der Waals surface area contributed by atoms with E-state index in [0.717, 1.165) is 19.4 Å². The lowest BCUT2D eigenvalue weighted by molar-refractivity contribution is 0.188. The van der Waals surface area contributed by atoms with Gasteiger partial charge in [0.1, 0.15) is 17.5 Å². The molecule has 0 bridgehead atoms. The molecule has 1 aromatic carbocycles. The van der Waals surface area contributed by atoms with E-state index in [4.69, 9.17) is 4.42 Å². The summed E-state index contributed by atoms with van der Waals surface area (Å²) in [6.45, 7) is 2.12. The number of aliphatic imine (C=N–C) groups is 1. The zero-order valence-corrected chi connectivity index (χ0v) is 20.0. The molecule has 1 unspecified atom stereocenters. The predicted molar refractivity (Wildman–Crippen MR) is 127 cm³/mol. The molecule has 3 N–H and O–H groups in total. The predicted octanol–water partition coefficient (Wildman–Crippen LogP) is 3.29. The molecule has 0 aliphatic carbocycles. The summed E-state index contributed by atoms with van der Waals surface area (Å²) in [5.74, 6) is 1.35. The molecule has 0 saturated carbocycles. The Labute approximate surface area is 201 Å². The first-order valence-electron chi connectivity index (χ1n) is 10.2. The Morgan fingerprint density at radius 1 is 1.28 bits per heavy atom. The molecule has 0 amide bonds. The number of nitrogens with zero attached hydrogens (tertiary/aromatic N) is 4. The number of aromatic amines is 1. The number of rotatable bonds is 6. The zero-order chi connectivity index (χ0) is 21.6. The molecule has 8 nitrogen and oxygen atoms in total. The number of halogens is 3. The van der Waals surface area contributed by atoms with Crippen LogP contribution in [-0.2, 0) is 13.1 Å². The molecule has 32 heavy (non-hydrogen) atoms. The number of hydrogen-bond donors (Lipinski definition) is 3. The lowest BCUT2D eigenvalue weighted by Crippen LogP contribution is -2.50. The van der Waals surface area contributed by atoms with Crippen molar-refractivity contribution in [3.8, 4) is 11.6 Å². The smallest absolute Gasteiger partial charge is 0.216 e. The average Bonchev–Trinajstić information content (AvgIpc) is 3.46. The van der Waals surface area contributed by atoms with E-state index in [1.807, 2.05) is 0 Å². The molecule has 4 rings (SSSR count). The molecule has 1 saturated heterocycles. The molecule has 3 heterocycles. The van der Waals surface area contributed by atoms with Crippen LogP contribution in [0.2, 0.25) is 0 Å². The summed E-state index contributed by atoms with van der Waals surface area (Å²) < 4.78 is 33.3. The number of hydrogen-bond acceptors (Lipinski definition) is 5. The van der Waals surface area contributed by atoms with Crippen LogP contribution in [-0.4, -0.2) is 52.2 Å². The van der Waals surface area contributed by atoms with Crippen LogP contribution in [0.5, 0.6) is 0 Å². The zero-order valence-electron chi connectivity index (χ0n) is 17.6. The molecule has 1 fully saturated rings. The van der Waals surface area contributed by atoms with Crippen LogP contribution in [0.1, 0.15) is 24.2 Å². The van der Waals surface area contributed by atoms with Gasteiger partial charge in [-0.25, -0.2) is 13.8 Å². The number of furan rings is 1. The van der Waals surface area contributed by atoms with Crippen molar-refractivity contribution in [1.29, 1.82) is 0 Å². The lowest BCUT2D eigenvalue weighted by atomic mass is 10.0. The maximum absolute atomic E-state index is 14.0. The van der Waals surface area contributed by atoms with Gasteiger partial charge in [-0.15, -0.1) is 29.1 Å². The van der Waals surface area contributed by atoms with Crippen molar-refractivity contribution in [1.82, 2.24) is 30.7 Å². The highest BCUT2D eigenvalue weighted by Gasteiger charge is 2.23. The van der Waals surface area contributed by atoms with Gasteiger partial charge in [-0.3, -0.25) is 15.0 Å². The van der Waals surface area contributed by atoms with E-state index in [2.05, 4.69) is 35.7 Å². The summed E-state index contributed by atoms with van der Waals surface area (Å²) in [6.07, 6.45) is 3.45. The van der Waals surface area contributed by atoms with Crippen molar-refractivity contribution >= 4 is 29.9 Å². The highest BCUT2D eigenvalue weighted by atomic mass is 127. The average molecular weight is 557 g/mol. The fraction of sp³-hybridized carbons (Fsp3) is 0.381. The van der Waals surface area contributed by atoms with Gasteiger partial charge in [-0.05, 0) is 43.7 Å². The van der Waals surface area contributed by atoms with Crippen LogP contribution in [0.25, 0.3) is 11.6 Å². The van der Waals surface area contributed by atoms with Gasteiger partial charge < -0.3 is 15.1 Å². The molecule has 0 radical (unpaired) electrons. The monoisotopic (exact) mass is 557 g/mol. The molecule has 1 aliphatic heterocycles. The summed E-state index contributed by atoms with van der Waals surface area (Å²) in [7, 11) is 1.69. The minimum Gasteiger partial charge on any atom is -0.461 e. The third kappa shape index (κ3) is 6.03. The highest BCUT2D eigenvalue weighted by Crippen LogP contribution is 2.18. The lowest BCUT2D eigenvalue weighted by Gasteiger charge is -2.34.